The lowest BCUT2D eigenvalue weighted by Crippen LogP contribution is -2.33. The number of hydrogen-bond donors (Lipinski definition) is 1. The van der Waals surface area contributed by atoms with Crippen LogP contribution in [0.1, 0.15) is 53.2 Å². The highest BCUT2D eigenvalue weighted by molar-refractivity contribution is 7.12. The van der Waals surface area contributed by atoms with Gasteiger partial charge in [0.2, 0.25) is 0 Å². The molecule has 0 amide bonds. The lowest BCUT2D eigenvalue weighted by atomic mass is 9.99. The quantitative estimate of drug-likeness (QED) is 0.842. The van der Waals surface area contributed by atoms with Crippen molar-refractivity contribution in [2.24, 2.45) is 0 Å². The molecule has 0 saturated carbocycles. The Balaban J connectivity index is 1.65. The molecule has 4 heteroatoms. The average Bonchev–Trinajstić information content (AvgIpc) is 2.93. The van der Waals surface area contributed by atoms with Gasteiger partial charge in [-0.05, 0) is 45.8 Å². The molecule has 3 aliphatic rings. The van der Waals surface area contributed by atoms with Gasteiger partial charge in [0.15, 0.2) is 0 Å². The predicted molar refractivity (Wildman–Crippen MR) is 74.2 cm³/mol. The topological polar surface area (TPSA) is 28.2 Å². The maximum absolute atomic E-state index is 5.01. The lowest BCUT2D eigenvalue weighted by molar-refractivity contribution is 0.226. The molecule has 2 saturated heterocycles. The molecule has 1 aromatic heterocycles. The van der Waals surface area contributed by atoms with Crippen LogP contribution in [0.5, 0.6) is 0 Å². The van der Waals surface area contributed by atoms with Crippen molar-refractivity contribution in [3.63, 3.8) is 0 Å². The van der Waals surface area contributed by atoms with Gasteiger partial charge in [0.05, 0.1) is 10.7 Å². The second kappa shape index (κ2) is 4.29. The van der Waals surface area contributed by atoms with Gasteiger partial charge in [0, 0.05) is 29.3 Å². The van der Waals surface area contributed by atoms with Crippen LogP contribution in [0.15, 0.2) is 0 Å². The van der Waals surface area contributed by atoms with Crippen molar-refractivity contribution in [2.75, 3.05) is 20.1 Å². The van der Waals surface area contributed by atoms with Crippen molar-refractivity contribution in [3.05, 3.63) is 15.6 Å². The van der Waals surface area contributed by atoms with Gasteiger partial charge in [-0.25, -0.2) is 4.98 Å². The monoisotopic (exact) mass is 263 g/mol. The maximum atomic E-state index is 5.01. The zero-order valence-corrected chi connectivity index (χ0v) is 11.8. The number of nitrogens with one attached hydrogen (secondary N) is 1. The van der Waals surface area contributed by atoms with E-state index in [2.05, 4.69) is 17.3 Å². The minimum absolute atomic E-state index is 0.687. The Morgan fingerprint density at radius 2 is 2.06 bits per heavy atom. The number of thiazole rings is 1. The van der Waals surface area contributed by atoms with Crippen LogP contribution in [0, 0.1) is 0 Å². The fraction of sp³-hybridized carbons (Fsp3) is 0.786. The van der Waals surface area contributed by atoms with Crippen LogP contribution in [0.4, 0.5) is 0 Å². The number of fused-ring (bicyclic) bond motifs is 4. The first-order valence-corrected chi connectivity index (χ1v) is 8.06. The van der Waals surface area contributed by atoms with E-state index < -0.39 is 0 Å². The Kier molecular flexibility index (Phi) is 2.71. The standard InChI is InChI=1S/C14H21N3S/c1-17-10-2-3-12(17)13-11(8-10)16-14(18-13)9-4-6-15-7-5-9/h9-10,12,15H,2-8H2,1H3. The molecule has 98 valence electrons. The largest absolute Gasteiger partial charge is 0.317 e. The lowest BCUT2D eigenvalue weighted by Gasteiger charge is -2.29. The van der Waals surface area contributed by atoms with E-state index in [4.69, 9.17) is 4.98 Å². The smallest absolute Gasteiger partial charge is 0.0963 e. The third kappa shape index (κ3) is 1.66. The van der Waals surface area contributed by atoms with Crippen molar-refractivity contribution < 1.29 is 0 Å². The summed E-state index contributed by atoms with van der Waals surface area (Å²) in [5.41, 5.74) is 1.44. The molecule has 0 aromatic carbocycles. The first-order valence-electron chi connectivity index (χ1n) is 7.25. The summed E-state index contributed by atoms with van der Waals surface area (Å²) in [4.78, 5) is 9.20. The SMILES string of the molecule is CN1C2CCC1c1sc(C3CCNCC3)nc1C2. The van der Waals surface area contributed by atoms with E-state index in [9.17, 15) is 0 Å². The average molecular weight is 263 g/mol. The van der Waals surface area contributed by atoms with E-state index in [0.717, 1.165) is 12.0 Å². The summed E-state index contributed by atoms with van der Waals surface area (Å²) < 4.78 is 0. The Morgan fingerprint density at radius 3 is 2.89 bits per heavy atom. The van der Waals surface area contributed by atoms with E-state index >= 15 is 0 Å². The van der Waals surface area contributed by atoms with Crippen LogP contribution >= 0.6 is 11.3 Å². The van der Waals surface area contributed by atoms with Gasteiger partial charge in [-0.3, -0.25) is 4.90 Å². The number of piperidine rings is 1. The molecule has 3 nitrogen and oxygen atoms in total. The van der Waals surface area contributed by atoms with Crippen LogP contribution in [0.25, 0.3) is 0 Å². The highest BCUT2D eigenvalue weighted by atomic mass is 32.1. The third-order valence-electron chi connectivity index (χ3n) is 5.01. The number of hydrogen-bond acceptors (Lipinski definition) is 4. The molecule has 3 aliphatic heterocycles. The second-order valence-corrected chi connectivity index (χ2v) is 7.07. The van der Waals surface area contributed by atoms with Gasteiger partial charge in [0.1, 0.15) is 0 Å². The van der Waals surface area contributed by atoms with E-state index in [1.165, 1.54) is 55.9 Å². The van der Waals surface area contributed by atoms with E-state index in [0.29, 0.717) is 6.04 Å². The highest BCUT2D eigenvalue weighted by Gasteiger charge is 2.40. The number of rotatable bonds is 1. The molecule has 18 heavy (non-hydrogen) atoms. The first kappa shape index (κ1) is 11.4. The minimum atomic E-state index is 0.687. The molecule has 1 aromatic rings. The molecule has 2 bridgehead atoms. The first-order chi connectivity index (χ1) is 8.83. The van der Waals surface area contributed by atoms with Crippen LogP contribution in [-0.2, 0) is 6.42 Å². The zero-order valence-electron chi connectivity index (χ0n) is 11.0. The molecule has 2 fully saturated rings. The van der Waals surface area contributed by atoms with Crippen molar-refractivity contribution in [1.82, 2.24) is 15.2 Å². The summed E-state index contributed by atoms with van der Waals surface area (Å²) in [7, 11) is 2.30. The van der Waals surface area contributed by atoms with Crippen molar-refractivity contribution in [2.45, 2.75) is 50.1 Å². The summed E-state index contributed by atoms with van der Waals surface area (Å²) in [6.07, 6.45) is 6.46. The summed E-state index contributed by atoms with van der Waals surface area (Å²) in [5.74, 6) is 0.727. The Labute approximate surface area is 113 Å². The summed E-state index contributed by atoms with van der Waals surface area (Å²) in [6.45, 7) is 2.34. The van der Waals surface area contributed by atoms with E-state index in [-0.39, 0.29) is 0 Å². The van der Waals surface area contributed by atoms with Crippen molar-refractivity contribution >= 4 is 11.3 Å². The fourth-order valence-corrected chi connectivity index (χ4v) is 5.28. The van der Waals surface area contributed by atoms with Gasteiger partial charge in [-0.1, -0.05) is 0 Å². The number of likely N-dealkylation sites (N-methyl/N-ethyl adjacent to an activating group) is 1. The third-order valence-corrected chi connectivity index (χ3v) is 6.37. The fourth-order valence-electron chi connectivity index (χ4n) is 3.83. The Hall–Kier alpha value is -0.450. The van der Waals surface area contributed by atoms with Crippen LogP contribution < -0.4 is 5.32 Å². The van der Waals surface area contributed by atoms with Gasteiger partial charge in [0.25, 0.3) is 0 Å². The predicted octanol–water partition coefficient (Wildman–Crippen LogP) is 2.30. The molecular formula is C14H21N3S. The zero-order chi connectivity index (χ0) is 12.1. The molecule has 0 aliphatic carbocycles. The molecule has 1 N–H and O–H groups in total. The van der Waals surface area contributed by atoms with E-state index in [1.54, 1.807) is 4.88 Å². The summed E-state index contributed by atoms with van der Waals surface area (Å²) in [6, 6.07) is 1.46. The van der Waals surface area contributed by atoms with Gasteiger partial charge < -0.3 is 5.32 Å². The molecule has 4 heterocycles. The molecule has 0 radical (unpaired) electrons. The minimum Gasteiger partial charge on any atom is -0.317 e. The van der Waals surface area contributed by atoms with E-state index in [1.807, 2.05) is 11.3 Å². The Morgan fingerprint density at radius 1 is 1.22 bits per heavy atom. The van der Waals surface area contributed by atoms with Crippen LogP contribution in [-0.4, -0.2) is 36.1 Å². The normalized spacial score (nSPS) is 32.7. The molecule has 2 atom stereocenters. The molecule has 0 spiro atoms. The number of nitrogens with zero attached hydrogens (tertiary/aromatic N) is 2. The van der Waals surface area contributed by atoms with Crippen LogP contribution in [0.3, 0.4) is 0 Å². The molecule has 2 unspecified atom stereocenters. The van der Waals surface area contributed by atoms with Crippen molar-refractivity contribution in [3.8, 4) is 0 Å². The Bertz CT molecular complexity index is 450. The van der Waals surface area contributed by atoms with Gasteiger partial charge in [-0.2, -0.15) is 0 Å². The van der Waals surface area contributed by atoms with Crippen molar-refractivity contribution in [1.29, 1.82) is 0 Å². The maximum Gasteiger partial charge on any atom is 0.0963 e. The number of aromatic nitrogens is 1. The van der Waals surface area contributed by atoms with Crippen LogP contribution in [0.2, 0.25) is 0 Å². The summed E-state index contributed by atoms with van der Waals surface area (Å²) in [5, 5.41) is 4.88. The summed E-state index contributed by atoms with van der Waals surface area (Å²) >= 11 is 2.02. The van der Waals surface area contributed by atoms with Gasteiger partial charge in [-0.15, -0.1) is 11.3 Å². The second-order valence-electron chi connectivity index (χ2n) is 6.00. The molecular weight excluding hydrogens is 242 g/mol. The highest BCUT2D eigenvalue weighted by Crippen LogP contribution is 2.46. The van der Waals surface area contributed by atoms with Gasteiger partial charge >= 0.3 is 0 Å². The molecule has 4 rings (SSSR count).